The van der Waals surface area contributed by atoms with Crippen LogP contribution in [0.3, 0.4) is 0 Å². The highest BCUT2D eigenvalue weighted by molar-refractivity contribution is 7.92. The molecule has 1 aromatic heterocycles. The lowest BCUT2D eigenvalue weighted by Crippen LogP contribution is -2.17. The summed E-state index contributed by atoms with van der Waals surface area (Å²) >= 11 is 0. The number of rotatable bonds is 8. The van der Waals surface area contributed by atoms with Gasteiger partial charge in [0.05, 0.1) is 17.6 Å². The largest absolute Gasteiger partial charge is 0.372 e. The molecular formula is C19H26N4O2S. The number of unbranched alkanes of at least 4 members (excludes halogenated alkanes) is 1. The molecule has 7 heteroatoms. The van der Waals surface area contributed by atoms with Gasteiger partial charge in [-0.1, -0.05) is 13.3 Å². The summed E-state index contributed by atoms with van der Waals surface area (Å²) < 4.78 is 26.3. The normalized spacial score (nSPS) is 14.4. The van der Waals surface area contributed by atoms with Gasteiger partial charge in [0.2, 0.25) is 10.0 Å². The molecular weight excluding hydrogens is 348 g/mol. The molecule has 0 unspecified atom stereocenters. The molecule has 1 aliphatic rings. The lowest BCUT2D eigenvalue weighted by Gasteiger charge is -2.18. The first-order valence-electron chi connectivity index (χ1n) is 9.14. The summed E-state index contributed by atoms with van der Waals surface area (Å²) in [6.45, 7) is 4.23. The van der Waals surface area contributed by atoms with Gasteiger partial charge in [0, 0.05) is 24.5 Å². The Morgan fingerprint density at radius 2 is 1.73 bits per heavy atom. The van der Waals surface area contributed by atoms with Crippen molar-refractivity contribution in [1.82, 2.24) is 4.98 Å². The van der Waals surface area contributed by atoms with Gasteiger partial charge in [-0.3, -0.25) is 4.72 Å². The maximum Gasteiger partial charge on any atom is 0.233 e. The Morgan fingerprint density at radius 1 is 1.04 bits per heavy atom. The fourth-order valence-electron chi connectivity index (χ4n) is 2.97. The highest BCUT2D eigenvalue weighted by Gasteiger charge is 2.12. The molecule has 0 bridgehead atoms. The molecule has 1 aromatic carbocycles. The predicted octanol–water partition coefficient (Wildman–Crippen LogP) is 3.97. The van der Waals surface area contributed by atoms with Crippen LogP contribution >= 0.6 is 0 Å². The number of pyridine rings is 1. The van der Waals surface area contributed by atoms with E-state index in [0.29, 0.717) is 12.2 Å². The summed E-state index contributed by atoms with van der Waals surface area (Å²) in [6.07, 6.45) is 5.64. The molecule has 0 radical (unpaired) electrons. The van der Waals surface area contributed by atoms with Crippen LogP contribution < -0.4 is 14.9 Å². The first-order valence-corrected chi connectivity index (χ1v) is 10.8. The first-order chi connectivity index (χ1) is 12.6. The van der Waals surface area contributed by atoms with Crippen molar-refractivity contribution in [2.45, 2.75) is 32.6 Å². The van der Waals surface area contributed by atoms with E-state index in [1.165, 1.54) is 18.5 Å². The smallest absolute Gasteiger partial charge is 0.233 e. The zero-order chi connectivity index (χ0) is 18.4. The molecule has 1 aliphatic heterocycles. The SMILES string of the molecule is CCCCS(=O)(=O)Nc1ccc(Nc2ccc(N3CCCC3)cc2)cn1. The molecule has 0 spiro atoms. The Balaban J connectivity index is 1.58. The zero-order valence-electron chi connectivity index (χ0n) is 15.1. The molecule has 2 heterocycles. The Kier molecular flexibility index (Phi) is 5.98. The lowest BCUT2D eigenvalue weighted by atomic mass is 10.2. The van der Waals surface area contributed by atoms with Crippen LogP contribution in [-0.2, 0) is 10.0 Å². The molecule has 0 amide bonds. The molecule has 6 nitrogen and oxygen atoms in total. The lowest BCUT2D eigenvalue weighted by molar-refractivity contribution is 0.597. The Hall–Kier alpha value is -2.28. The standard InChI is InChI=1S/C19H26N4O2S/c1-2-3-14-26(24,25)22-19-11-8-17(15-20-19)21-16-6-9-18(10-7-16)23-12-4-5-13-23/h6-11,15,21H,2-5,12-14H2,1H3,(H,20,22). The summed E-state index contributed by atoms with van der Waals surface area (Å²) in [7, 11) is -3.32. The summed E-state index contributed by atoms with van der Waals surface area (Å²) in [5.41, 5.74) is 3.05. The number of hydrogen-bond donors (Lipinski definition) is 2. The van der Waals surface area contributed by atoms with E-state index in [-0.39, 0.29) is 5.75 Å². The molecule has 0 saturated carbocycles. The predicted molar refractivity (Wildman–Crippen MR) is 108 cm³/mol. The van der Waals surface area contributed by atoms with E-state index in [0.717, 1.165) is 30.9 Å². The van der Waals surface area contributed by atoms with Gasteiger partial charge in [0.1, 0.15) is 5.82 Å². The minimum atomic E-state index is -3.32. The number of aromatic nitrogens is 1. The molecule has 2 N–H and O–H groups in total. The second-order valence-corrected chi connectivity index (χ2v) is 8.41. The molecule has 140 valence electrons. The fourth-order valence-corrected chi connectivity index (χ4v) is 4.18. The summed E-state index contributed by atoms with van der Waals surface area (Å²) in [4.78, 5) is 6.58. The third-order valence-electron chi connectivity index (χ3n) is 4.42. The van der Waals surface area contributed by atoms with Gasteiger partial charge in [-0.15, -0.1) is 0 Å². The van der Waals surface area contributed by atoms with Crippen LogP contribution in [0.1, 0.15) is 32.6 Å². The van der Waals surface area contributed by atoms with Crippen molar-refractivity contribution >= 4 is 32.9 Å². The number of nitrogens with zero attached hydrogens (tertiary/aromatic N) is 2. The van der Waals surface area contributed by atoms with E-state index in [2.05, 4.69) is 44.2 Å². The molecule has 0 atom stereocenters. The van der Waals surface area contributed by atoms with Crippen LogP contribution in [0.25, 0.3) is 0 Å². The minimum absolute atomic E-state index is 0.120. The number of sulfonamides is 1. The van der Waals surface area contributed by atoms with E-state index in [1.807, 2.05) is 13.0 Å². The van der Waals surface area contributed by atoms with Crippen molar-refractivity contribution < 1.29 is 8.42 Å². The Morgan fingerprint density at radius 3 is 2.35 bits per heavy atom. The van der Waals surface area contributed by atoms with Crippen molar-refractivity contribution in [3.63, 3.8) is 0 Å². The molecule has 1 fully saturated rings. The first kappa shape index (κ1) is 18.5. The van der Waals surface area contributed by atoms with Crippen molar-refractivity contribution in [1.29, 1.82) is 0 Å². The van der Waals surface area contributed by atoms with Crippen molar-refractivity contribution in [2.75, 3.05) is 33.8 Å². The maximum atomic E-state index is 11.9. The number of hydrogen-bond acceptors (Lipinski definition) is 5. The van der Waals surface area contributed by atoms with Crippen molar-refractivity contribution in [3.8, 4) is 0 Å². The van der Waals surface area contributed by atoms with Crippen LogP contribution in [0.15, 0.2) is 42.6 Å². The fraction of sp³-hybridized carbons (Fsp3) is 0.421. The van der Waals surface area contributed by atoms with E-state index in [9.17, 15) is 8.42 Å². The van der Waals surface area contributed by atoms with Crippen LogP contribution in [0.4, 0.5) is 22.9 Å². The monoisotopic (exact) mass is 374 g/mol. The highest BCUT2D eigenvalue weighted by Crippen LogP contribution is 2.24. The van der Waals surface area contributed by atoms with E-state index in [1.54, 1.807) is 12.3 Å². The van der Waals surface area contributed by atoms with Crippen LogP contribution in [0, 0.1) is 0 Å². The second-order valence-electron chi connectivity index (χ2n) is 6.57. The summed E-state index contributed by atoms with van der Waals surface area (Å²) in [5.74, 6) is 0.463. The van der Waals surface area contributed by atoms with Crippen molar-refractivity contribution in [3.05, 3.63) is 42.6 Å². The number of anilines is 4. The quantitative estimate of drug-likeness (QED) is 0.731. The summed E-state index contributed by atoms with van der Waals surface area (Å²) in [6, 6.07) is 11.8. The number of benzene rings is 1. The third-order valence-corrected chi connectivity index (χ3v) is 5.76. The zero-order valence-corrected chi connectivity index (χ0v) is 15.9. The van der Waals surface area contributed by atoms with Crippen LogP contribution in [0.5, 0.6) is 0 Å². The summed E-state index contributed by atoms with van der Waals surface area (Å²) in [5, 5.41) is 3.29. The second kappa shape index (κ2) is 8.40. The molecule has 26 heavy (non-hydrogen) atoms. The highest BCUT2D eigenvalue weighted by atomic mass is 32.2. The van der Waals surface area contributed by atoms with Gasteiger partial charge in [0.25, 0.3) is 0 Å². The molecule has 1 saturated heterocycles. The molecule has 2 aromatic rings. The Bertz CT molecular complexity index is 798. The minimum Gasteiger partial charge on any atom is -0.372 e. The van der Waals surface area contributed by atoms with Crippen LogP contribution in [-0.4, -0.2) is 32.2 Å². The molecule has 3 rings (SSSR count). The van der Waals surface area contributed by atoms with Crippen molar-refractivity contribution in [2.24, 2.45) is 0 Å². The van der Waals surface area contributed by atoms with Gasteiger partial charge in [0.15, 0.2) is 0 Å². The Labute approximate surface area is 155 Å². The van der Waals surface area contributed by atoms with Gasteiger partial charge in [-0.05, 0) is 55.7 Å². The van der Waals surface area contributed by atoms with Gasteiger partial charge in [-0.2, -0.15) is 0 Å². The van der Waals surface area contributed by atoms with Gasteiger partial charge >= 0.3 is 0 Å². The average molecular weight is 375 g/mol. The van der Waals surface area contributed by atoms with E-state index in [4.69, 9.17) is 0 Å². The number of nitrogens with one attached hydrogen (secondary N) is 2. The third kappa shape index (κ3) is 5.11. The van der Waals surface area contributed by atoms with E-state index < -0.39 is 10.0 Å². The topological polar surface area (TPSA) is 74.3 Å². The average Bonchev–Trinajstić information content (AvgIpc) is 3.17. The van der Waals surface area contributed by atoms with E-state index >= 15 is 0 Å². The molecule has 0 aliphatic carbocycles. The van der Waals surface area contributed by atoms with Gasteiger partial charge in [-0.25, -0.2) is 13.4 Å². The maximum absolute atomic E-state index is 11.9. The van der Waals surface area contributed by atoms with Gasteiger partial charge < -0.3 is 10.2 Å². The van der Waals surface area contributed by atoms with Crippen LogP contribution in [0.2, 0.25) is 0 Å².